The van der Waals surface area contributed by atoms with E-state index in [9.17, 15) is 9.59 Å². The van der Waals surface area contributed by atoms with E-state index in [1.807, 2.05) is 22.7 Å². The molecule has 7 heteroatoms. The van der Waals surface area contributed by atoms with Gasteiger partial charge in [0.05, 0.1) is 18.4 Å². The van der Waals surface area contributed by atoms with Crippen LogP contribution >= 0.6 is 0 Å². The van der Waals surface area contributed by atoms with Gasteiger partial charge in [-0.3, -0.25) is 9.59 Å². The molecule has 2 heterocycles. The molecule has 156 valence electrons. The topological polar surface area (TPSA) is 76.5 Å². The molecule has 2 atom stereocenters. The van der Waals surface area contributed by atoms with Gasteiger partial charge in [0.2, 0.25) is 11.8 Å². The van der Waals surface area contributed by atoms with Gasteiger partial charge in [-0.05, 0) is 37.5 Å². The molecule has 1 aromatic heterocycles. The number of carbonyl (C=O) groups excluding carboxylic acids is 2. The molecular formula is C22H30N4O3. The van der Waals surface area contributed by atoms with Gasteiger partial charge >= 0.3 is 0 Å². The maximum atomic E-state index is 13.1. The smallest absolute Gasteiger partial charge is 0.246 e. The first-order chi connectivity index (χ1) is 13.8. The van der Waals surface area contributed by atoms with Crippen LogP contribution in [0.1, 0.15) is 34.0 Å². The van der Waals surface area contributed by atoms with E-state index in [-0.39, 0.29) is 30.4 Å². The van der Waals surface area contributed by atoms with Crippen LogP contribution in [0.3, 0.4) is 0 Å². The molecule has 0 spiro atoms. The Hall–Kier alpha value is -2.67. The molecule has 0 unspecified atom stereocenters. The molecular weight excluding hydrogens is 368 g/mol. The van der Waals surface area contributed by atoms with Gasteiger partial charge in [-0.2, -0.15) is 0 Å². The quantitative estimate of drug-likeness (QED) is 0.803. The largest absolute Gasteiger partial charge is 0.375 e. The highest BCUT2D eigenvalue weighted by Gasteiger charge is 2.39. The van der Waals surface area contributed by atoms with Crippen molar-refractivity contribution in [2.24, 2.45) is 7.05 Å². The first-order valence-electron chi connectivity index (χ1n) is 9.90. The van der Waals surface area contributed by atoms with Crippen LogP contribution in [0.4, 0.5) is 0 Å². The minimum atomic E-state index is -0.192. The standard InChI is InChI=1S/C22H30N4O3/c1-14-8-15(2)17(16(3)9-14)10-21(28)26-11-18(22-23-6-7-25(22)4)19(12-26)24-20(27)13-29-5/h6-9,18-19H,10-13H2,1-5H3,(H,24,27)/t18-,19-/m1/s1. The monoisotopic (exact) mass is 398 g/mol. The van der Waals surface area contributed by atoms with Crippen LogP contribution < -0.4 is 5.32 Å². The molecule has 2 aromatic rings. The van der Waals surface area contributed by atoms with Crippen molar-refractivity contribution in [2.75, 3.05) is 26.8 Å². The molecule has 0 radical (unpaired) electrons. The number of benzene rings is 1. The van der Waals surface area contributed by atoms with Crippen LogP contribution in [-0.4, -0.2) is 59.1 Å². The summed E-state index contributed by atoms with van der Waals surface area (Å²) in [6.45, 7) is 7.17. The zero-order chi connectivity index (χ0) is 21.1. The number of hydrogen-bond acceptors (Lipinski definition) is 4. The first kappa shape index (κ1) is 21.0. The van der Waals surface area contributed by atoms with E-state index in [1.165, 1.54) is 12.7 Å². The highest BCUT2D eigenvalue weighted by Crippen LogP contribution is 2.28. The zero-order valence-corrected chi connectivity index (χ0v) is 17.9. The van der Waals surface area contributed by atoms with Crippen molar-refractivity contribution in [2.45, 2.75) is 39.2 Å². The summed E-state index contributed by atoms with van der Waals surface area (Å²) in [6.07, 6.45) is 3.99. The maximum Gasteiger partial charge on any atom is 0.246 e. The third-order valence-corrected chi connectivity index (χ3v) is 5.65. The Morgan fingerprint density at radius 3 is 2.48 bits per heavy atom. The summed E-state index contributed by atoms with van der Waals surface area (Å²) in [5.41, 5.74) is 4.57. The Kier molecular flexibility index (Phi) is 6.37. The van der Waals surface area contributed by atoms with Crippen molar-refractivity contribution in [1.82, 2.24) is 19.8 Å². The Bertz CT molecular complexity index is 882. The number of ether oxygens (including phenoxy) is 1. The van der Waals surface area contributed by atoms with E-state index in [1.54, 1.807) is 6.20 Å². The average Bonchev–Trinajstić information content (AvgIpc) is 3.24. The van der Waals surface area contributed by atoms with E-state index in [0.29, 0.717) is 19.5 Å². The van der Waals surface area contributed by atoms with Crippen molar-refractivity contribution in [3.8, 4) is 0 Å². The lowest BCUT2D eigenvalue weighted by atomic mass is 9.97. The van der Waals surface area contributed by atoms with Gasteiger partial charge in [0.25, 0.3) is 0 Å². The number of likely N-dealkylation sites (tertiary alicyclic amines) is 1. The molecule has 1 N–H and O–H groups in total. The minimum Gasteiger partial charge on any atom is -0.375 e. The van der Waals surface area contributed by atoms with Crippen LogP contribution in [0.2, 0.25) is 0 Å². The summed E-state index contributed by atoms with van der Waals surface area (Å²) < 4.78 is 6.89. The Labute approximate surface area is 172 Å². The minimum absolute atomic E-state index is 0.000508. The van der Waals surface area contributed by atoms with E-state index >= 15 is 0 Å². The fraction of sp³-hybridized carbons (Fsp3) is 0.500. The van der Waals surface area contributed by atoms with Gasteiger partial charge in [-0.25, -0.2) is 4.98 Å². The number of methoxy groups -OCH3 is 1. The summed E-state index contributed by atoms with van der Waals surface area (Å²) >= 11 is 0. The second-order valence-electron chi connectivity index (χ2n) is 7.96. The molecule has 29 heavy (non-hydrogen) atoms. The van der Waals surface area contributed by atoms with E-state index < -0.39 is 0 Å². The first-order valence-corrected chi connectivity index (χ1v) is 9.90. The number of amides is 2. The predicted octanol–water partition coefficient (Wildman–Crippen LogP) is 1.65. The zero-order valence-electron chi connectivity index (χ0n) is 17.9. The van der Waals surface area contributed by atoms with Crippen molar-refractivity contribution >= 4 is 11.8 Å². The molecule has 3 rings (SSSR count). The van der Waals surface area contributed by atoms with Crippen molar-refractivity contribution < 1.29 is 14.3 Å². The second kappa shape index (κ2) is 8.78. The maximum absolute atomic E-state index is 13.1. The molecule has 1 aromatic carbocycles. The van der Waals surface area contributed by atoms with E-state index in [2.05, 4.69) is 43.2 Å². The van der Waals surface area contributed by atoms with Crippen LogP contribution in [0, 0.1) is 20.8 Å². The highest BCUT2D eigenvalue weighted by atomic mass is 16.5. The Morgan fingerprint density at radius 1 is 1.21 bits per heavy atom. The molecule has 1 saturated heterocycles. The number of aromatic nitrogens is 2. The molecule has 0 aliphatic carbocycles. The molecule has 7 nitrogen and oxygen atoms in total. The lowest BCUT2D eigenvalue weighted by Gasteiger charge is -2.19. The number of carbonyl (C=O) groups is 2. The van der Waals surface area contributed by atoms with Crippen LogP contribution in [0.25, 0.3) is 0 Å². The predicted molar refractivity (Wildman–Crippen MR) is 111 cm³/mol. The van der Waals surface area contributed by atoms with Crippen molar-refractivity contribution in [1.29, 1.82) is 0 Å². The number of aryl methyl sites for hydroxylation is 4. The lowest BCUT2D eigenvalue weighted by Crippen LogP contribution is -2.42. The fourth-order valence-electron chi connectivity index (χ4n) is 4.28. The van der Waals surface area contributed by atoms with E-state index in [4.69, 9.17) is 4.74 Å². The van der Waals surface area contributed by atoms with Gasteiger partial charge in [0, 0.05) is 39.6 Å². The number of nitrogens with zero attached hydrogens (tertiary/aromatic N) is 3. The summed E-state index contributed by atoms with van der Waals surface area (Å²) in [4.78, 5) is 31.5. The molecule has 2 amide bonds. The average molecular weight is 399 g/mol. The Balaban J connectivity index is 1.78. The van der Waals surface area contributed by atoms with E-state index in [0.717, 1.165) is 22.5 Å². The number of nitrogens with one attached hydrogen (secondary N) is 1. The normalized spacial score (nSPS) is 18.9. The third kappa shape index (κ3) is 4.67. The van der Waals surface area contributed by atoms with Crippen LogP contribution in [-0.2, 0) is 27.8 Å². The van der Waals surface area contributed by atoms with Gasteiger partial charge in [-0.15, -0.1) is 0 Å². The van der Waals surface area contributed by atoms with Crippen molar-refractivity contribution in [3.63, 3.8) is 0 Å². The third-order valence-electron chi connectivity index (χ3n) is 5.65. The van der Waals surface area contributed by atoms with Crippen LogP contribution in [0.15, 0.2) is 24.5 Å². The number of rotatable bonds is 6. The molecule has 1 fully saturated rings. The van der Waals surface area contributed by atoms with Gasteiger partial charge < -0.3 is 19.5 Å². The summed E-state index contributed by atoms with van der Waals surface area (Å²) in [6, 6.07) is 4.04. The van der Waals surface area contributed by atoms with Crippen LogP contribution in [0.5, 0.6) is 0 Å². The molecule has 0 saturated carbocycles. The second-order valence-corrected chi connectivity index (χ2v) is 7.96. The van der Waals surface area contributed by atoms with Gasteiger partial charge in [0.15, 0.2) is 0 Å². The summed E-state index contributed by atoms with van der Waals surface area (Å²) in [7, 11) is 3.42. The summed E-state index contributed by atoms with van der Waals surface area (Å²) in [5.74, 6) is 0.699. The van der Waals surface area contributed by atoms with Gasteiger partial charge in [0.1, 0.15) is 12.4 Å². The molecule has 1 aliphatic heterocycles. The highest BCUT2D eigenvalue weighted by molar-refractivity contribution is 5.81. The SMILES string of the molecule is COCC(=O)N[C@@H]1CN(C(=O)Cc2c(C)cc(C)cc2C)C[C@H]1c1nccn1C. The number of hydrogen-bond donors (Lipinski definition) is 1. The summed E-state index contributed by atoms with van der Waals surface area (Å²) in [5, 5.41) is 3.01. The number of imidazole rings is 1. The van der Waals surface area contributed by atoms with Gasteiger partial charge in [-0.1, -0.05) is 17.7 Å². The molecule has 0 bridgehead atoms. The Morgan fingerprint density at radius 2 is 1.90 bits per heavy atom. The fourth-order valence-corrected chi connectivity index (χ4v) is 4.28. The molecule has 1 aliphatic rings. The van der Waals surface area contributed by atoms with Crippen molar-refractivity contribution in [3.05, 3.63) is 52.6 Å². The lowest BCUT2D eigenvalue weighted by molar-refractivity contribution is -0.130.